The molecule has 4 nitrogen and oxygen atoms in total. The Morgan fingerprint density at radius 3 is 2.64 bits per heavy atom. The predicted octanol–water partition coefficient (Wildman–Crippen LogP) is 4.12. The van der Waals surface area contributed by atoms with Gasteiger partial charge in [0.05, 0.1) is 16.3 Å². The van der Waals surface area contributed by atoms with E-state index in [1.807, 2.05) is 30.3 Å². The number of carbonyl (C=O) groups is 1. The van der Waals surface area contributed by atoms with Crippen molar-refractivity contribution >= 4 is 23.3 Å². The minimum atomic E-state index is -0.677. The fourth-order valence-corrected chi connectivity index (χ4v) is 2.29. The molecule has 0 aliphatic heterocycles. The fourth-order valence-electron chi connectivity index (χ4n) is 2.04. The zero-order chi connectivity index (χ0) is 15.5. The summed E-state index contributed by atoms with van der Waals surface area (Å²) in [4.78, 5) is 12.1. The van der Waals surface area contributed by atoms with Crippen molar-refractivity contribution in [3.8, 4) is 11.3 Å². The number of halogens is 2. The summed E-state index contributed by atoms with van der Waals surface area (Å²) < 4.78 is 13.7. The normalized spacial score (nSPS) is 10.5. The molecule has 0 radical (unpaired) electrons. The van der Waals surface area contributed by atoms with Crippen molar-refractivity contribution in [3.63, 3.8) is 0 Å². The fraction of sp³-hybridized carbons (Fsp3) is 0. The predicted molar refractivity (Wildman–Crippen MR) is 83.4 cm³/mol. The molecule has 0 spiro atoms. The van der Waals surface area contributed by atoms with Gasteiger partial charge < -0.3 is 5.32 Å². The second-order valence-electron chi connectivity index (χ2n) is 4.58. The molecular weight excluding hydrogens is 305 g/mol. The molecule has 1 amide bonds. The average molecular weight is 316 g/mol. The zero-order valence-corrected chi connectivity index (χ0v) is 12.1. The van der Waals surface area contributed by atoms with Crippen LogP contribution in [0.1, 0.15) is 10.4 Å². The van der Waals surface area contributed by atoms with Crippen LogP contribution in [0.15, 0.2) is 54.6 Å². The number of hydrogen-bond acceptors (Lipinski definition) is 2. The van der Waals surface area contributed by atoms with Crippen molar-refractivity contribution in [2.24, 2.45) is 0 Å². The monoisotopic (exact) mass is 315 g/mol. The van der Waals surface area contributed by atoms with Crippen molar-refractivity contribution < 1.29 is 9.18 Å². The van der Waals surface area contributed by atoms with Crippen LogP contribution in [-0.4, -0.2) is 16.1 Å². The molecule has 2 N–H and O–H groups in total. The van der Waals surface area contributed by atoms with Crippen LogP contribution < -0.4 is 5.32 Å². The highest BCUT2D eigenvalue weighted by Gasteiger charge is 2.17. The van der Waals surface area contributed by atoms with E-state index in [1.165, 1.54) is 18.2 Å². The molecule has 0 saturated heterocycles. The lowest BCUT2D eigenvalue weighted by Crippen LogP contribution is -2.14. The molecule has 110 valence electrons. The lowest BCUT2D eigenvalue weighted by molar-refractivity contribution is 0.102. The Labute approximate surface area is 130 Å². The Hall–Kier alpha value is -2.66. The lowest BCUT2D eigenvalue weighted by Gasteiger charge is -2.04. The van der Waals surface area contributed by atoms with Crippen LogP contribution in [0.5, 0.6) is 0 Å². The summed E-state index contributed by atoms with van der Waals surface area (Å²) in [6, 6.07) is 15.3. The van der Waals surface area contributed by atoms with Crippen LogP contribution in [0.4, 0.5) is 10.2 Å². The second kappa shape index (κ2) is 5.99. The lowest BCUT2D eigenvalue weighted by atomic mass is 10.1. The summed E-state index contributed by atoms with van der Waals surface area (Å²) >= 11 is 5.86. The molecule has 0 aliphatic rings. The van der Waals surface area contributed by atoms with E-state index < -0.39 is 11.7 Å². The summed E-state index contributed by atoms with van der Waals surface area (Å²) in [6.07, 6.45) is 0. The van der Waals surface area contributed by atoms with Gasteiger partial charge in [-0.05, 0) is 17.7 Å². The van der Waals surface area contributed by atoms with Gasteiger partial charge in [-0.15, -0.1) is 0 Å². The first-order chi connectivity index (χ1) is 10.6. The van der Waals surface area contributed by atoms with E-state index in [2.05, 4.69) is 15.5 Å². The largest absolute Gasteiger partial charge is 0.305 e. The first-order valence-corrected chi connectivity index (χ1v) is 6.89. The maximum atomic E-state index is 13.7. The molecule has 0 unspecified atom stereocenters. The Morgan fingerprint density at radius 1 is 1.14 bits per heavy atom. The van der Waals surface area contributed by atoms with E-state index in [4.69, 9.17) is 11.6 Å². The molecule has 2 aromatic carbocycles. The third kappa shape index (κ3) is 2.84. The Balaban J connectivity index is 1.82. The zero-order valence-electron chi connectivity index (χ0n) is 11.3. The molecule has 0 saturated carbocycles. The number of rotatable bonds is 3. The average Bonchev–Trinajstić information content (AvgIpc) is 2.96. The van der Waals surface area contributed by atoms with Crippen LogP contribution in [0.25, 0.3) is 11.3 Å². The van der Waals surface area contributed by atoms with Crippen LogP contribution in [0.2, 0.25) is 5.02 Å². The molecular formula is C16H11ClFN3O. The van der Waals surface area contributed by atoms with Crippen molar-refractivity contribution in [1.82, 2.24) is 10.2 Å². The number of nitrogens with zero attached hydrogens (tertiary/aromatic N) is 1. The molecule has 3 aromatic rings. The number of benzene rings is 2. The van der Waals surface area contributed by atoms with E-state index in [0.29, 0.717) is 5.82 Å². The van der Waals surface area contributed by atoms with Gasteiger partial charge in [0.15, 0.2) is 5.82 Å². The van der Waals surface area contributed by atoms with Gasteiger partial charge in [-0.25, -0.2) is 4.39 Å². The minimum Gasteiger partial charge on any atom is -0.305 e. The number of aromatic nitrogens is 2. The molecule has 1 heterocycles. The third-order valence-corrected chi connectivity index (χ3v) is 3.41. The van der Waals surface area contributed by atoms with Crippen LogP contribution in [-0.2, 0) is 0 Å². The SMILES string of the molecule is O=C(Nc1cc(-c2ccccc2)[nH]n1)c1c(F)cccc1Cl. The number of amides is 1. The molecule has 0 bridgehead atoms. The Bertz CT molecular complexity index is 797. The van der Waals surface area contributed by atoms with Gasteiger partial charge in [0, 0.05) is 6.07 Å². The van der Waals surface area contributed by atoms with Crippen molar-refractivity contribution in [2.75, 3.05) is 5.32 Å². The molecule has 0 aliphatic carbocycles. The molecule has 0 atom stereocenters. The quantitative estimate of drug-likeness (QED) is 0.763. The third-order valence-electron chi connectivity index (χ3n) is 3.09. The number of hydrogen-bond donors (Lipinski definition) is 2. The molecule has 3 rings (SSSR count). The van der Waals surface area contributed by atoms with Gasteiger partial charge >= 0.3 is 0 Å². The van der Waals surface area contributed by atoms with E-state index in [0.717, 1.165) is 11.3 Å². The number of H-pyrrole nitrogens is 1. The smallest absolute Gasteiger partial charge is 0.261 e. The van der Waals surface area contributed by atoms with Crippen molar-refractivity contribution in [3.05, 3.63) is 71.0 Å². The summed E-state index contributed by atoms with van der Waals surface area (Å²) in [6.45, 7) is 0. The van der Waals surface area contributed by atoms with Crippen molar-refractivity contribution in [2.45, 2.75) is 0 Å². The van der Waals surface area contributed by atoms with Crippen molar-refractivity contribution in [1.29, 1.82) is 0 Å². The summed E-state index contributed by atoms with van der Waals surface area (Å²) in [5, 5.41) is 9.39. The Morgan fingerprint density at radius 2 is 1.91 bits per heavy atom. The molecule has 1 aromatic heterocycles. The number of nitrogens with one attached hydrogen (secondary N) is 2. The highest BCUT2D eigenvalue weighted by molar-refractivity contribution is 6.34. The second-order valence-corrected chi connectivity index (χ2v) is 4.99. The van der Waals surface area contributed by atoms with Gasteiger partial charge in [-0.3, -0.25) is 9.89 Å². The summed E-state index contributed by atoms with van der Waals surface area (Å²) in [5.74, 6) is -1.03. The van der Waals surface area contributed by atoms with E-state index in [9.17, 15) is 9.18 Å². The van der Waals surface area contributed by atoms with E-state index >= 15 is 0 Å². The van der Waals surface area contributed by atoms with E-state index in [1.54, 1.807) is 6.07 Å². The molecule has 6 heteroatoms. The van der Waals surface area contributed by atoms with Gasteiger partial charge in [-0.2, -0.15) is 5.10 Å². The highest BCUT2D eigenvalue weighted by Crippen LogP contribution is 2.22. The molecule has 22 heavy (non-hydrogen) atoms. The van der Waals surface area contributed by atoms with E-state index in [-0.39, 0.29) is 10.6 Å². The number of carbonyl (C=O) groups excluding carboxylic acids is 1. The number of aromatic amines is 1. The minimum absolute atomic E-state index is 0.0521. The van der Waals surface area contributed by atoms with Crippen LogP contribution in [0.3, 0.4) is 0 Å². The first kappa shape index (κ1) is 14.3. The van der Waals surface area contributed by atoms with Gasteiger partial charge in [0.1, 0.15) is 5.82 Å². The standard InChI is InChI=1S/C16H11ClFN3O/c17-11-7-4-8-12(18)15(11)16(22)19-14-9-13(20-21-14)10-5-2-1-3-6-10/h1-9H,(H2,19,20,21,22). The molecule has 0 fully saturated rings. The van der Waals surface area contributed by atoms with Crippen LogP contribution >= 0.6 is 11.6 Å². The van der Waals surface area contributed by atoms with Gasteiger partial charge in [0.25, 0.3) is 5.91 Å². The summed E-state index contributed by atoms with van der Waals surface area (Å²) in [5.41, 5.74) is 1.48. The highest BCUT2D eigenvalue weighted by atomic mass is 35.5. The van der Waals surface area contributed by atoms with Crippen LogP contribution in [0, 0.1) is 5.82 Å². The Kier molecular flexibility index (Phi) is 3.89. The summed E-state index contributed by atoms with van der Waals surface area (Å²) in [7, 11) is 0. The topological polar surface area (TPSA) is 57.8 Å². The maximum absolute atomic E-state index is 13.7. The first-order valence-electron chi connectivity index (χ1n) is 6.51. The number of anilines is 1. The van der Waals surface area contributed by atoms with Gasteiger partial charge in [0.2, 0.25) is 0 Å². The maximum Gasteiger partial charge on any atom is 0.261 e. The van der Waals surface area contributed by atoms with Gasteiger partial charge in [-0.1, -0.05) is 48.0 Å².